The van der Waals surface area contributed by atoms with Crippen LogP contribution in [-0.4, -0.2) is 9.97 Å². The molecule has 0 amide bonds. The third kappa shape index (κ3) is 2.25. The first-order valence-corrected chi connectivity index (χ1v) is 4.53. The van der Waals surface area contributed by atoms with E-state index in [4.69, 9.17) is 0 Å². The van der Waals surface area contributed by atoms with Crippen molar-refractivity contribution in [3.8, 4) is 0 Å². The molecule has 0 saturated carbocycles. The summed E-state index contributed by atoms with van der Waals surface area (Å²) in [5.41, 5.74) is 2.02. The van der Waals surface area contributed by atoms with Crippen LogP contribution in [0.15, 0.2) is 30.6 Å². The van der Waals surface area contributed by atoms with E-state index in [2.05, 4.69) is 9.97 Å². The van der Waals surface area contributed by atoms with Crippen molar-refractivity contribution in [3.63, 3.8) is 0 Å². The summed E-state index contributed by atoms with van der Waals surface area (Å²) in [6.07, 6.45) is 3.64. The second-order valence-corrected chi connectivity index (χ2v) is 2.52. The van der Waals surface area contributed by atoms with Gasteiger partial charge in [-0.25, -0.2) is 0 Å². The van der Waals surface area contributed by atoms with Crippen molar-refractivity contribution in [3.05, 3.63) is 36.3 Å². The molecule has 2 heteroatoms. The van der Waals surface area contributed by atoms with Crippen molar-refractivity contribution in [1.82, 2.24) is 9.97 Å². The summed E-state index contributed by atoms with van der Waals surface area (Å²) in [4.78, 5) is 8.37. The van der Waals surface area contributed by atoms with Gasteiger partial charge in [-0.2, -0.15) is 0 Å². The van der Waals surface area contributed by atoms with E-state index in [-0.39, 0.29) is 0 Å². The summed E-state index contributed by atoms with van der Waals surface area (Å²) in [5.74, 6) is 0. The Hall–Kier alpha value is -1.44. The van der Waals surface area contributed by atoms with Crippen molar-refractivity contribution in [2.75, 3.05) is 0 Å². The van der Waals surface area contributed by atoms with Gasteiger partial charge in [-0.3, -0.25) is 9.97 Å². The molecule has 2 nitrogen and oxygen atoms in total. The van der Waals surface area contributed by atoms with E-state index in [1.165, 1.54) is 0 Å². The third-order valence-corrected chi connectivity index (χ3v) is 1.62. The Kier molecular flexibility index (Phi) is 3.38. The van der Waals surface area contributed by atoms with E-state index in [9.17, 15) is 0 Å². The number of nitrogens with zero attached hydrogens (tertiary/aromatic N) is 2. The Bertz CT molecular complexity index is 383. The molecule has 0 aliphatic heterocycles. The highest BCUT2D eigenvalue weighted by Crippen LogP contribution is 2.08. The predicted octanol–water partition coefficient (Wildman–Crippen LogP) is 2.96. The number of hydrogen-bond donors (Lipinski definition) is 0. The topological polar surface area (TPSA) is 25.8 Å². The molecule has 2 heterocycles. The Morgan fingerprint density at radius 3 is 2.69 bits per heavy atom. The van der Waals surface area contributed by atoms with Gasteiger partial charge in [0.25, 0.3) is 0 Å². The summed E-state index contributed by atoms with van der Waals surface area (Å²) in [6, 6.07) is 5.91. The normalized spacial score (nSPS) is 9.15. The Labute approximate surface area is 78.7 Å². The van der Waals surface area contributed by atoms with Gasteiger partial charge >= 0.3 is 0 Å². The monoisotopic (exact) mass is 174 g/mol. The summed E-state index contributed by atoms with van der Waals surface area (Å²) in [5, 5.41) is 1.10. The molecule has 0 aliphatic rings. The zero-order chi connectivity index (χ0) is 9.68. The molecule has 0 bridgehead atoms. The first-order valence-electron chi connectivity index (χ1n) is 4.53. The van der Waals surface area contributed by atoms with E-state index >= 15 is 0 Å². The summed E-state index contributed by atoms with van der Waals surface area (Å²) in [7, 11) is 0. The predicted molar refractivity (Wildman–Crippen MR) is 55.6 cm³/mol. The maximum Gasteiger partial charge on any atom is 0.0735 e. The summed E-state index contributed by atoms with van der Waals surface area (Å²) < 4.78 is 0. The van der Waals surface area contributed by atoms with Gasteiger partial charge in [0, 0.05) is 23.5 Å². The minimum atomic E-state index is 1.01. The number of rotatable bonds is 0. The number of pyridine rings is 2. The fraction of sp³-hybridized carbons (Fsp3) is 0.273. The first-order chi connectivity index (χ1) is 6.36. The van der Waals surface area contributed by atoms with Crippen LogP contribution in [0.4, 0.5) is 0 Å². The van der Waals surface area contributed by atoms with Gasteiger partial charge < -0.3 is 0 Å². The third-order valence-electron chi connectivity index (χ3n) is 1.62. The fourth-order valence-electron chi connectivity index (χ4n) is 1.07. The van der Waals surface area contributed by atoms with Crippen molar-refractivity contribution in [2.45, 2.75) is 20.8 Å². The lowest BCUT2D eigenvalue weighted by atomic mass is 10.2. The molecule has 0 aromatic carbocycles. The Balaban J connectivity index is 0.000000396. The van der Waals surface area contributed by atoms with E-state index in [0.717, 1.165) is 16.6 Å². The molecule has 0 N–H and O–H groups in total. The molecule has 2 rings (SSSR count). The molecule has 0 radical (unpaired) electrons. The first kappa shape index (κ1) is 9.65. The number of aryl methyl sites for hydroxylation is 1. The van der Waals surface area contributed by atoms with Gasteiger partial charge in [-0.15, -0.1) is 0 Å². The van der Waals surface area contributed by atoms with Gasteiger partial charge in [0.1, 0.15) is 0 Å². The van der Waals surface area contributed by atoms with Crippen molar-refractivity contribution in [1.29, 1.82) is 0 Å². The minimum absolute atomic E-state index is 1.01. The highest BCUT2D eigenvalue weighted by Gasteiger charge is 1.92. The molecule has 0 saturated heterocycles. The Morgan fingerprint density at radius 1 is 1.15 bits per heavy atom. The van der Waals surface area contributed by atoms with Crippen LogP contribution >= 0.6 is 0 Å². The zero-order valence-electron chi connectivity index (χ0n) is 8.28. The molecule has 0 spiro atoms. The molecule has 68 valence electrons. The summed E-state index contributed by atoms with van der Waals surface area (Å²) >= 11 is 0. The molecule has 2 aromatic rings. The van der Waals surface area contributed by atoms with Gasteiger partial charge in [-0.1, -0.05) is 13.8 Å². The average Bonchev–Trinajstić information content (AvgIpc) is 2.21. The molecule has 0 fully saturated rings. The maximum atomic E-state index is 4.20. The van der Waals surface area contributed by atoms with Crippen LogP contribution in [0.25, 0.3) is 10.9 Å². The van der Waals surface area contributed by atoms with Crippen molar-refractivity contribution in [2.24, 2.45) is 0 Å². The van der Waals surface area contributed by atoms with Crippen LogP contribution in [0.5, 0.6) is 0 Å². The van der Waals surface area contributed by atoms with Gasteiger partial charge in [0.2, 0.25) is 0 Å². The van der Waals surface area contributed by atoms with Crippen LogP contribution in [0.1, 0.15) is 19.5 Å². The molecule has 0 aliphatic carbocycles. The summed E-state index contributed by atoms with van der Waals surface area (Å²) in [6.45, 7) is 5.97. The number of aromatic nitrogens is 2. The smallest absolute Gasteiger partial charge is 0.0735 e. The minimum Gasteiger partial charge on any atom is -0.261 e. The van der Waals surface area contributed by atoms with Gasteiger partial charge in [0.15, 0.2) is 0 Å². The molecule has 0 atom stereocenters. The van der Waals surface area contributed by atoms with Crippen LogP contribution in [0, 0.1) is 6.92 Å². The highest BCUT2D eigenvalue weighted by atomic mass is 14.7. The van der Waals surface area contributed by atoms with Crippen molar-refractivity contribution >= 4 is 10.9 Å². The average molecular weight is 174 g/mol. The van der Waals surface area contributed by atoms with Gasteiger partial charge in [0.05, 0.1) is 5.52 Å². The lowest BCUT2D eigenvalue weighted by molar-refractivity contribution is 1.21. The number of fused-ring (bicyclic) bond motifs is 1. The quantitative estimate of drug-likeness (QED) is 0.613. The lowest BCUT2D eigenvalue weighted by Gasteiger charge is -1.95. The zero-order valence-corrected chi connectivity index (χ0v) is 8.28. The van der Waals surface area contributed by atoms with Gasteiger partial charge in [-0.05, 0) is 25.1 Å². The van der Waals surface area contributed by atoms with Crippen LogP contribution < -0.4 is 0 Å². The molecular weight excluding hydrogens is 160 g/mol. The molecule has 0 unspecified atom stereocenters. The van der Waals surface area contributed by atoms with E-state index in [0.29, 0.717) is 0 Å². The SMILES string of the molecule is CC.Cc1cc2ncccc2cn1. The maximum absolute atomic E-state index is 4.20. The second-order valence-electron chi connectivity index (χ2n) is 2.52. The van der Waals surface area contributed by atoms with E-state index < -0.39 is 0 Å². The molecule has 13 heavy (non-hydrogen) atoms. The highest BCUT2D eigenvalue weighted by molar-refractivity contribution is 5.77. The standard InChI is InChI=1S/C9H8N2.C2H6/c1-7-5-9-8(6-11-7)3-2-4-10-9;1-2/h2-6H,1H3;1-2H3. The lowest BCUT2D eigenvalue weighted by Crippen LogP contribution is -1.82. The van der Waals surface area contributed by atoms with Crippen LogP contribution in [0.2, 0.25) is 0 Å². The second kappa shape index (κ2) is 4.55. The molecular formula is C11H14N2. The number of hydrogen-bond acceptors (Lipinski definition) is 2. The van der Waals surface area contributed by atoms with E-state index in [1.54, 1.807) is 6.20 Å². The largest absolute Gasteiger partial charge is 0.261 e. The van der Waals surface area contributed by atoms with E-state index in [1.807, 2.05) is 45.2 Å². The molecule has 2 aromatic heterocycles. The Morgan fingerprint density at radius 2 is 1.92 bits per heavy atom. The van der Waals surface area contributed by atoms with Crippen molar-refractivity contribution < 1.29 is 0 Å². The fourth-order valence-corrected chi connectivity index (χ4v) is 1.07. The van der Waals surface area contributed by atoms with Crippen LogP contribution in [0.3, 0.4) is 0 Å². The van der Waals surface area contributed by atoms with Crippen LogP contribution in [-0.2, 0) is 0 Å².